The van der Waals surface area contributed by atoms with Crippen LogP contribution in [0, 0.1) is 0 Å². The summed E-state index contributed by atoms with van der Waals surface area (Å²) in [5.41, 5.74) is 1.51. The van der Waals surface area contributed by atoms with Crippen molar-refractivity contribution in [2.75, 3.05) is 0 Å². The summed E-state index contributed by atoms with van der Waals surface area (Å²) in [6.45, 7) is 7.75. The van der Waals surface area contributed by atoms with Crippen molar-refractivity contribution >= 4 is 12.0 Å². The number of nitrogens with one attached hydrogen (secondary N) is 2. The van der Waals surface area contributed by atoms with E-state index in [0.29, 0.717) is 5.56 Å². The molecule has 0 bridgehead atoms. The summed E-state index contributed by atoms with van der Waals surface area (Å²) in [7, 11) is 0. The molecule has 0 saturated heterocycles. The Morgan fingerprint density at radius 3 is 2.07 bits per heavy atom. The first kappa shape index (κ1) is 21.3. The Bertz CT molecular complexity index is 611. The highest BCUT2D eigenvalue weighted by atomic mass is 16.6. The van der Waals surface area contributed by atoms with Crippen LogP contribution in [0.15, 0.2) is 24.3 Å². The van der Waals surface area contributed by atoms with Gasteiger partial charge >= 0.3 is 6.09 Å². The number of benzene rings is 1. The monoisotopic (exact) mass is 374 g/mol. The lowest BCUT2D eigenvalue weighted by atomic mass is 9.91. The Hall–Kier alpha value is -2.04. The molecule has 0 unspecified atom stereocenters. The van der Waals surface area contributed by atoms with Crippen LogP contribution in [0.25, 0.3) is 0 Å². The van der Waals surface area contributed by atoms with Crippen molar-refractivity contribution < 1.29 is 14.3 Å². The van der Waals surface area contributed by atoms with Crippen molar-refractivity contribution in [2.24, 2.45) is 0 Å². The van der Waals surface area contributed by atoms with Gasteiger partial charge in [-0.2, -0.15) is 0 Å². The summed E-state index contributed by atoms with van der Waals surface area (Å²) in [6.07, 6.45) is 6.47. The maximum absolute atomic E-state index is 12.5. The first-order valence-corrected chi connectivity index (χ1v) is 10.2. The minimum atomic E-state index is -0.485. The van der Waals surface area contributed by atoms with E-state index < -0.39 is 5.60 Å². The van der Waals surface area contributed by atoms with Crippen LogP contribution in [-0.4, -0.2) is 29.7 Å². The van der Waals surface area contributed by atoms with Crippen molar-refractivity contribution in [1.82, 2.24) is 10.6 Å². The number of amides is 2. The van der Waals surface area contributed by atoms with Crippen molar-refractivity contribution in [1.29, 1.82) is 0 Å². The zero-order valence-electron chi connectivity index (χ0n) is 17.1. The number of aryl methyl sites for hydroxylation is 1. The SMILES string of the molecule is CCCCc1ccc(C(=O)NC2CCC(NC(=O)OC(C)(C)C)CC2)cc1. The first-order chi connectivity index (χ1) is 12.8. The normalized spacial score (nSPS) is 20.0. The Morgan fingerprint density at radius 1 is 1.00 bits per heavy atom. The van der Waals surface area contributed by atoms with Crippen molar-refractivity contribution in [3.8, 4) is 0 Å². The molecule has 150 valence electrons. The van der Waals surface area contributed by atoms with Gasteiger partial charge in [-0.05, 0) is 77.0 Å². The summed E-state index contributed by atoms with van der Waals surface area (Å²) in [5, 5.41) is 6.06. The fourth-order valence-electron chi connectivity index (χ4n) is 3.33. The van der Waals surface area contributed by atoms with Gasteiger partial charge in [0.25, 0.3) is 5.91 Å². The van der Waals surface area contributed by atoms with E-state index in [0.717, 1.165) is 32.1 Å². The Labute approximate surface area is 163 Å². The highest BCUT2D eigenvalue weighted by Gasteiger charge is 2.25. The van der Waals surface area contributed by atoms with Crippen molar-refractivity contribution in [3.05, 3.63) is 35.4 Å². The molecule has 2 rings (SSSR count). The second kappa shape index (κ2) is 9.77. The van der Waals surface area contributed by atoms with Crippen LogP contribution in [0.1, 0.15) is 82.1 Å². The molecule has 5 heteroatoms. The molecule has 0 radical (unpaired) electrons. The number of hydrogen-bond acceptors (Lipinski definition) is 3. The molecule has 27 heavy (non-hydrogen) atoms. The molecule has 0 aromatic heterocycles. The van der Waals surface area contributed by atoms with Crippen LogP contribution in [0.3, 0.4) is 0 Å². The van der Waals surface area contributed by atoms with Crippen LogP contribution in [-0.2, 0) is 11.2 Å². The standard InChI is InChI=1S/C22H34N2O3/c1-5-6-7-16-8-10-17(11-9-16)20(25)23-18-12-14-19(15-13-18)24-21(26)27-22(2,3)4/h8-11,18-19H,5-7,12-15H2,1-4H3,(H,23,25)(H,24,26). The van der Waals surface area contributed by atoms with E-state index in [9.17, 15) is 9.59 Å². The topological polar surface area (TPSA) is 67.4 Å². The number of ether oxygens (including phenoxy) is 1. The number of carbonyl (C=O) groups is 2. The van der Waals surface area contributed by atoms with Gasteiger partial charge in [-0.3, -0.25) is 4.79 Å². The Kier molecular flexibility index (Phi) is 7.69. The predicted molar refractivity (Wildman–Crippen MR) is 108 cm³/mol. The zero-order valence-corrected chi connectivity index (χ0v) is 17.1. The van der Waals surface area contributed by atoms with E-state index in [1.54, 1.807) is 0 Å². The second-order valence-electron chi connectivity index (χ2n) is 8.47. The molecule has 0 spiro atoms. The van der Waals surface area contributed by atoms with E-state index in [2.05, 4.69) is 17.6 Å². The molecular formula is C22H34N2O3. The third-order valence-electron chi connectivity index (χ3n) is 4.82. The van der Waals surface area contributed by atoms with Gasteiger partial charge in [-0.1, -0.05) is 25.5 Å². The van der Waals surface area contributed by atoms with Crippen molar-refractivity contribution in [2.45, 2.75) is 90.3 Å². The molecule has 1 aliphatic rings. The Morgan fingerprint density at radius 2 is 1.56 bits per heavy atom. The molecular weight excluding hydrogens is 340 g/mol. The fourth-order valence-corrected chi connectivity index (χ4v) is 3.33. The van der Waals surface area contributed by atoms with Gasteiger partial charge in [0.2, 0.25) is 0 Å². The number of rotatable bonds is 6. The molecule has 1 saturated carbocycles. The summed E-state index contributed by atoms with van der Waals surface area (Å²) < 4.78 is 5.30. The van der Waals surface area contributed by atoms with E-state index in [-0.39, 0.29) is 24.1 Å². The van der Waals surface area contributed by atoms with Crippen LogP contribution in [0.5, 0.6) is 0 Å². The van der Waals surface area contributed by atoms with Gasteiger partial charge in [0, 0.05) is 17.6 Å². The number of hydrogen-bond donors (Lipinski definition) is 2. The largest absolute Gasteiger partial charge is 0.444 e. The zero-order chi connectivity index (χ0) is 19.9. The number of alkyl carbamates (subject to hydrolysis) is 1. The molecule has 5 nitrogen and oxygen atoms in total. The van der Waals surface area contributed by atoms with Crippen LogP contribution < -0.4 is 10.6 Å². The summed E-state index contributed by atoms with van der Waals surface area (Å²) in [5.74, 6) is -0.0133. The first-order valence-electron chi connectivity index (χ1n) is 10.2. The minimum absolute atomic E-state index is 0.0133. The van der Waals surface area contributed by atoms with E-state index in [1.165, 1.54) is 18.4 Å². The predicted octanol–water partition coefficient (Wildman–Crippen LogP) is 4.59. The summed E-state index contributed by atoms with van der Waals surface area (Å²) in [6, 6.07) is 8.20. The summed E-state index contributed by atoms with van der Waals surface area (Å²) >= 11 is 0. The van der Waals surface area contributed by atoms with Gasteiger partial charge in [0.1, 0.15) is 5.60 Å². The second-order valence-corrected chi connectivity index (χ2v) is 8.47. The quantitative estimate of drug-likeness (QED) is 0.765. The number of carbonyl (C=O) groups excluding carboxylic acids is 2. The van der Waals surface area contributed by atoms with Crippen LogP contribution >= 0.6 is 0 Å². The van der Waals surface area contributed by atoms with E-state index in [4.69, 9.17) is 4.74 Å². The lowest BCUT2D eigenvalue weighted by Gasteiger charge is -2.30. The van der Waals surface area contributed by atoms with Gasteiger partial charge in [-0.25, -0.2) is 4.79 Å². The number of unbranched alkanes of at least 4 members (excludes halogenated alkanes) is 1. The average molecular weight is 375 g/mol. The van der Waals surface area contributed by atoms with Crippen molar-refractivity contribution in [3.63, 3.8) is 0 Å². The maximum Gasteiger partial charge on any atom is 0.407 e. The Balaban J connectivity index is 1.75. The van der Waals surface area contributed by atoms with Crippen LogP contribution in [0.4, 0.5) is 4.79 Å². The molecule has 2 N–H and O–H groups in total. The third-order valence-corrected chi connectivity index (χ3v) is 4.82. The van der Waals surface area contributed by atoms with E-state index >= 15 is 0 Å². The highest BCUT2D eigenvalue weighted by Crippen LogP contribution is 2.20. The average Bonchev–Trinajstić information content (AvgIpc) is 2.60. The molecule has 1 aromatic rings. The molecule has 0 atom stereocenters. The lowest BCUT2D eigenvalue weighted by molar-refractivity contribution is 0.0488. The molecule has 0 aliphatic heterocycles. The maximum atomic E-state index is 12.5. The molecule has 1 aromatic carbocycles. The molecule has 1 fully saturated rings. The lowest BCUT2D eigenvalue weighted by Crippen LogP contribution is -2.45. The van der Waals surface area contributed by atoms with E-state index in [1.807, 2.05) is 45.0 Å². The summed E-state index contributed by atoms with van der Waals surface area (Å²) in [4.78, 5) is 24.3. The van der Waals surface area contributed by atoms with Gasteiger partial charge in [-0.15, -0.1) is 0 Å². The molecule has 0 heterocycles. The fraction of sp³-hybridized carbons (Fsp3) is 0.636. The smallest absolute Gasteiger partial charge is 0.407 e. The van der Waals surface area contributed by atoms with Gasteiger partial charge < -0.3 is 15.4 Å². The van der Waals surface area contributed by atoms with Crippen LogP contribution in [0.2, 0.25) is 0 Å². The van der Waals surface area contributed by atoms with Gasteiger partial charge in [0.15, 0.2) is 0 Å². The minimum Gasteiger partial charge on any atom is -0.444 e. The van der Waals surface area contributed by atoms with Gasteiger partial charge in [0.05, 0.1) is 0 Å². The molecule has 2 amide bonds. The molecule has 1 aliphatic carbocycles. The third kappa shape index (κ3) is 7.61. The highest BCUT2D eigenvalue weighted by molar-refractivity contribution is 5.94.